The summed E-state index contributed by atoms with van der Waals surface area (Å²) in [6.45, 7) is 0.220. The molecule has 1 amide bonds. The van der Waals surface area contributed by atoms with Crippen LogP contribution in [-0.2, 0) is 18.4 Å². The summed E-state index contributed by atoms with van der Waals surface area (Å²) in [6, 6.07) is 12.4. The van der Waals surface area contributed by atoms with Crippen LogP contribution in [0.15, 0.2) is 53.1 Å². The maximum Gasteiger partial charge on any atom is 0.258 e. The normalized spacial score (nSPS) is 10.6. The second kappa shape index (κ2) is 7.23. The monoisotopic (exact) mass is 345 g/mol. The maximum absolute atomic E-state index is 11.8. The Morgan fingerprint density at radius 3 is 2.75 bits per heavy atom. The fourth-order valence-corrected chi connectivity index (χ4v) is 2.27. The molecular formula is C17H16ClN3O3. The van der Waals surface area contributed by atoms with Crippen molar-refractivity contribution in [2.45, 2.75) is 6.54 Å². The van der Waals surface area contributed by atoms with Crippen LogP contribution in [0.25, 0.3) is 11.5 Å². The second-order valence-corrected chi connectivity index (χ2v) is 5.56. The van der Waals surface area contributed by atoms with Crippen molar-refractivity contribution in [1.82, 2.24) is 15.1 Å². The highest BCUT2D eigenvalue weighted by Crippen LogP contribution is 2.21. The van der Waals surface area contributed by atoms with Gasteiger partial charge in [-0.15, -0.1) is 0 Å². The molecule has 6 nitrogen and oxygen atoms in total. The quantitative estimate of drug-likeness (QED) is 0.745. The summed E-state index contributed by atoms with van der Waals surface area (Å²) in [5.74, 6) is 1.72. The predicted octanol–water partition coefficient (Wildman–Crippen LogP) is 3.03. The van der Waals surface area contributed by atoms with Crippen molar-refractivity contribution in [2.75, 3.05) is 6.61 Å². The van der Waals surface area contributed by atoms with Crippen LogP contribution in [0.2, 0.25) is 5.02 Å². The van der Waals surface area contributed by atoms with Crippen molar-refractivity contribution in [2.24, 2.45) is 7.05 Å². The van der Waals surface area contributed by atoms with E-state index in [1.807, 2.05) is 25.2 Å². The van der Waals surface area contributed by atoms with E-state index in [1.165, 1.54) is 0 Å². The van der Waals surface area contributed by atoms with E-state index in [4.69, 9.17) is 20.8 Å². The average molecular weight is 346 g/mol. The fourth-order valence-electron chi connectivity index (χ4n) is 2.14. The SMILES string of the molecule is Cn1nccc1-c1ccc(CNC(=O)COc2ccc(Cl)cc2)o1. The molecule has 2 aromatic heterocycles. The molecule has 0 saturated carbocycles. The number of halogens is 1. The molecule has 0 aliphatic rings. The Morgan fingerprint density at radius 1 is 1.25 bits per heavy atom. The van der Waals surface area contributed by atoms with E-state index >= 15 is 0 Å². The molecule has 0 aliphatic carbocycles. The first-order valence-corrected chi connectivity index (χ1v) is 7.72. The van der Waals surface area contributed by atoms with Crippen LogP contribution in [0.5, 0.6) is 5.75 Å². The smallest absolute Gasteiger partial charge is 0.258 e. The van der Waals surface area contributed by atoms with Gasteiger partial charge >= 0.3 is 0 Å². The van der Waals surface area contributed by atoms with Crippen molar-refractivity contribution < 1.29 is 13.9 Å². The Kier molecular flexibility index (Phi) is 4.86. The van der Waals surface area contributed by atoms with E-state index in [2.05, 4.69) is 10.4 Å². The summed E-state index contributed by atoms with van der Waals surface area (Å²) in [4.78, 5) is 11.8. The van der Waals surface area contributed by atoms with Gasteiger partial charge < -0.3 is 14.5 Å². The highest BCUT2D eigenvalue weighted by Gasteiger charge is 2.09. The minimum atomic E-state index is -0.233. The van der Waals surface area contributed by atoms with Gasteiger partial charge in [-0.1, -0.05) is 11.6 Å². The average Bonchev–Trinajstić information content (AvgIpc) is 3.21. The number of amides is 1. The van der Waals surface area contributed by atoms with Gasteiger partial charge in [0.05, 0.1) is 6.54 Å². The molecular weight excluding hydrogens is 330 g/mol. The van der Waals surface area contributed by atoms with Crippen molar-refractivity contribution in [3.8, 4) is 17.2 Å². The lowest BCUT2D eigenvalue weighted by Gasteiger charge is -2.06. The van der Waals surface area contributed by atoms with Gasteiger partial charge in [-0.3, -0.25) is 9.48 Å². The molecule has 0 spiro atoms. The fraction of sp³-hybridized carbons (Fsp3) is 0.176. The Balaban J connectivity index is 1.49. The molecule has 124 valence electrons. The number of ether oxygens (including phenoxy) is 1. The number of nitrogens with zero attached hydrogens (tertiary/aromatic N) is 2. The van der Waals surface area contributed by atoms with Gasteiger partial charge in [0, 0.05) is 18.3 Å². The molecule has 2 heterocycles. The van der Waals surface area contributed by atoms with E-state index < -0.39 is 0 Å². The largest absolute Gasteiger partial charge is 0.484 e. The van der Waals surface area contributed by atoms with Crippen LogP contribution in [0, 0.1) is 0 Å². The Hall–Kier alpha value is -2.73. The highest BCUT2D eigenvalue weighted by atomic mass is 35.5. The second-order valence-electron chi connectivity index (χ2n) is 5.13. The number of furan rings is 1. The van der Waals surface area contributed by atoms with Gasteiger partial charge in [0.1, 0.15) is 17.2 Å². The van der Waals surface area contributed by atoms with Crippen molar-refractivity contribution in [3.05, 3.63) is 59.4 Å². The van der Waals surface area contributed by atoms with E-state index in [9.17, 15) is 4.79 Å². The summed E-state index contributed by atoms with van der Waals surface area (Å²) in [5.41, 5.74) is 0.874. The maximum atomic E-state index is 11.8. The predicted molar refractivity (Wildman–Crippen MR) is 89.7 cm³/mol. The lowest BCUT2D eigenvalue weighted by molar-refractivity contribution is -0.123. The minimum Gasteiger partial charge on any atom is -0.484 e. The molecule has 0 aliphatic heterocycles. The number of rotatable bonds is 6. The molecule has 3 rings (SSSR count). The third-order valence-electron chi connectivity index (χ3n) is 3.38. The van der Waals surface area contributed by atoms with Crippen LogP contribution in [0.3, 0.4) is 0 Å². The molecule has 7 heteroatoms. The van der Waals surface area contributed by atoms with Gasteiger partial charge in [-0.2, -0.15) is 5.10 Å². The van der Waals surface area contributed by atoms with Crippen molar-refractivity contribution in [1.29, 1.82) is 0 Å². The van der Waals surface area contributed by atoms with Crippen LogP contribution in [0.4, 0.5) is 0 Å². The standard InChI is InChI=1S/C17H16ClN3O3/c1-21-15(8-9-20-21)16-7-6-14(24-16)10-19-17(22)11-23-13-4-2-12(18)3-5-13/h2-9H,10-11H2,1H3,(H,19,22). The number of carbonyl (C=O) groups is 1. The van der Waals surface area contributed by atoms with Crippen LogP contribution in [0.1, 0.15) is 5.76 Å². The number of aromatic nitrogens is 2. The van der Waals surface area contributed by atoms with Crippen LogP contribution >= 0.6 is 11.6 Å². The van der Waals surface area contributed by atoms with Gasteiger partial charge in [0.15, 0.2) is 12.4 Å². The van der Waals surface area contributed by atoms with Gasteiger partial charge in [-0.25, -0.2) is 0 Å². The first-order chi connectivity index (χ1) is 11.6. The molecule has 1 aromatic carbocycles. The summed E-state index contributed by atoms with van der Waals surface area (Å²) in [5, 5.41) is 7.46. The first kappa shape index (κ1) is 16.1. The van der Waals surface area contributed by atoms with E-state index in [-0.39, 0.29) is 12.5 Å². The summed E-state index contributed by atoms with van der Waals surface area (Å²) in [7, 11) is 1.84. The topological polar surface area (TPSA) is 69.3 Å². The Morgan fingerprint density at radius 2 is 2.04 bits per heavy atom. The van der Waals surface area contributed by atoms with Crippen LogP contribution < -0.4 is 10.1 Å². The third kappa shape index (κ3) is 3.97. The number of hydrogen-bond acceptors (Lipinski definition) is 4. The first-order valence-electron chi connectivity index (χ1n) is 7.34. The molecule has 0 atom stereocenters. The molecule has 0 fully saturated rings. The minimum absolute atomic E-state index is 0.0725. The van der Waals surface area contributed by atoms with Crippen molar-refractivity contribution in [3.63, 3.8) is 0 Å². The Labute approximate surface area is 144 Å². The lowest BCUT2D eigenvalue weighted by Crippen LogP contribution is -2.28. The van der Waals surface area contributed by atoms with Crippen LogP contribution in [-0.4, -0.2) is 22.3 Å². The zero-order valence-corrected chi connectivity index (χ0v) is 13.8. The van der Waals surface area contributed by atoms with Crippen molar-refractivity contribution >= 4 is 17.5 Å². The summed E-state index contributed by atoms with van der Waals surface area (Å²) < 4.78 is 12.8. The van der Waals surface area contributed by atoms with Gasteiger partial charge in [0.2, 0.25) is 0 Å². The van der Waals surface area contributed by atoms with E-state index in [0.29, 0.717) is 28.8 Å². The third-order valence-corrected chi connectivity index (χ3v) is 3.63. The molecule has 0 radical (unpaired) electrons. The van der Waals surface area contributed by atoms with Gasteiger partial charge in [0.25, 0.3) is 5.91 Å². The Bertz CT molecular complexity index is 824. The molecule has 24 heavy (non-hydrogen) atoms. The molecule has 0 bridgehead atoms. The summed E-state index contributed by atoms with van der Waals surface area (Å²) >= 11 is 5.79. The lowest BCUT2D eigenvalue weighted by atomic mass is 10.3. The molecule has 0 unspecified atom stereocenters. The van der Waals surface area contributed by atoms with E-state index in [1.54, 1.807) is 35.1 Å². The number of hydrogen-bond donors (Lipinski definition) is 1. The number of nitrogens with one attached hydrogen (secondary N) is 1. The summed E-state index contributed by atoms with van der Waals surface area (Å²) in [6.07, 6.45) is 1.70. The molecule has 0 saturated heterocycles. The zero-order chi connectivity index (χ0) is 16.9. The molecule has 1 N–H and O–H groups in total. The number of carbonyl (C=O) groups excluding carboxylic acids is 1. The molecule has 3 aromatic rings. The van der Waals surface area contributed by atoms with Gasteiger partial charge in [-0.05, 0) is 42.5 Å². The number of benzene rings is 1. The zero-order valence-electron chi connectivity index (χ0n) is 13.0. The highest BCUT2D eigenvalue weighted by molar-refractivity contribution is 6.30. The van der Waals surface area contributed by atoms with E-state index in [0.717, 1.165) is 5.69 Å². The number of aryl methyl sites for hydroxylation is 1.